The standard InChI is InChI=1S/C18H27NO2/c1-16(2)6-5-12-7-18(11-19-13(12)8-16)14(20)9-17(3,4)10-15(18)21/h19H,5-11H2,1-4H3. The average molecular weight is 289 g/mol. The molecule has 0 aromatic rings. The van der Waals surface area contributed by atoms with Crippen LogP contribution >= 0.6 is 0 Å². The van der Waals surface area contributed by atoms with Crippen molar-refractivity contribution in [2.24, 2.45) is 16.2 Å². The van der Waals surface area contributed by atoms with Gasteiger partial charge in [-0.15, -0.1) is 0 Å². The molecule has 3 rings (SSSR count). The minimum atomic E-state index is -0.754. The first kappa shape index (κ1) is 14.8. The molecule has 0 aromatic carbocycles. The molecule has 1 spiro atoms. The van der Waals surface area contributed by atoms with Crippen molar-refractivity contribution >= 4 is 11.6 Å². The molecule has 0 bridgehead atoms. The first-order valence-corrected chi connectivity index (χ1v) is 8.15. The van der Waals surface area contributed by atoms with Crippen molar-refractivity contribution in [1.29, 1.82) is 0 Å². The van der Waals surface area contributed by atoms with E-state index in [9.17, 15) is 9.59 Å². The molecule has 3 nitrogen and oxygen atoms in total. The summed E-state index contributed by atoms with van der Waals surface area (Å²) in [6, 6.07) is 0. The first-order chi connectivity index (χ1) is 9.64. The van der Waals surface area contributed by atoms with E-state index >= 15 is 0 Å². The lowest BCUT2D eigenvalue weighted by molar-refractivity contribution is -0.148. The van der Waals surface area contributed by atoms with Crippen molar-refractivity contribution in [2.75, 3.05) is 6.54 Å². The van der Waals surface area contributed by atoms with Crippen LogP contribution < -0.4 is 5.32 Å². The highest BCUT2D eigenvalue weighted by atomic mass is 16.2. The Bertz CT molecular complexity index is 519. The molecule has 3 aliphatic rings. The zero-order valence-corrected chi connectivity index (χ0v) is 13.8. The van der Waals surface area contributed by atoms with Gasteiger partial charge in [0.05, 0.1) is 0 Å². The number of carbonyl (C=O) groups excluding carboxylic acids is 2. The van der Waals surface area contributed by atoms with Crippen LogP contribution in [-0.2, 0) is 9.59 Å². The first-order valence-electron chi connectivity index (χ1n) is 8.15. The molecular formula is C18H27NO2. The number of rotatable bonds is 0. The second kappa shape index (κ2) is 4.44. The number of Topliss-reactive ketones (excluding diaryl/α,β-unsaturated/α-hetero) is 2. The molecule has 1 saturated carbocycles. The number of nitrogens with one attached hydrogen (secondary N) is 1. The van der Waals surface area contributed by atoms with Crippen molar-refractivity contribution in [1.82, 2.24) is 5.32 Å². The van der Waals surface area contributed by atoms with Crippen LogP contribution in [0.5, 0.6) is 0 Å². The Morgan fingerprint density at radius 2 is 1.48 bits per heavy atom. The lowest BCUT2D eigenvalue weighted by atomic mass is 9.59. The second-order valence-electron chi connectivity index (χ2n) is 8.90. The molecule has 1 fully saturated rings. The maximum Gasteiger partial charge on any atom is 0.149 e. The van der Waals surface area contributed by atoms with E-state index in [1.165, 1.54) is 11.3 Å². The fourth-order valence-corrected chi connectivity index (χ4v) is 4.22. The maximum absolute atomic E-state index is 12.7. The van der Waals surface area contributed by atoms with Crippen LogP contribution in [0.15, 0.2) is 11.3 Å². The third-order valence-electron chi connectivity index (χ3n) is 5.65. The third-order valence-corrected chi connectivity index (χ3v) is 5.65. The highest BCUT2D eigenvalue weighted by Gasteiger charge is 2.53. The fourth-order valence-electron chi connectivity index (χ4n) is 4.22. The number of hydrogen-bond acceptors (Lipinski definition) is 3. The molecule has 1 N–H and O–H groups in total. The van der Waals surface area contributed by atoms with Crippen LogP contribution in [0.3, 0.4) is 0 Å². The number of hydrogen-bond donors (Lipinski definition) is 1. The summed E-state index contributed by atoms with van der Waals surface area (Å²) in [7, 11) is 0. The minimum Gasteiger partial charge on any atom is -0.387 e. The Morgan fingerprint density at radius 3 is 2.10 bits per heavy atom. The largest absolute Gasteiger partial charge is 0.387 e. The van der Waals surface area contributed by atoms with E-state index < -0.39 is 5.41 Å². The molecule has 1 aliphatic heterocycles. The summed E-state index contributed by atoms with van der Waals surface area (Å²) in [6.07, 6.45) is 4.98. The molecule has 0 unspecified atom stereocenters. The highest BCUT2D eigenvalue weighted by molar-refractivity contribution is 6.10. The van der Waals surface area contributed by atoms with Crippen LogP contribution in [0.25, 0.3) is 0 Å². The molecule has 1 heterocycles. The predicted octanol–water partition coefficient (Wildman–Crippen LogP) is 3.39. The Hall–Kier alpha value is -1.12. The van der Waals surface area contributed by atoms with Crippen molar-refractivity contribution in [2.45, 2.75) is 66.2 Å². The third kappa shape index (κ3) is 2.45. The van der Waals surface area contributed by atoms with Gasteiger partial charge in [0.25, 0.3) is 0 Å². The van der Waals surface area contributed by atoms with Crippen molar-refractivity contribution in [3.05, 3.63) is 11.3 Å². The van der Waals surface area contributed by atoms with Crippen LogP contribution in [0.2, 0.25) is 0 Å². The summed E-state index contributed by atoms with van der Waals surface area (Å²) >= 11 is 0. The van der Waals surface area contributed by atoms with Crippen LogP contribution in [0, 0.1) is 16.2 Å². The molecule has 0 amide bonds. The molecule has 0 aromatic heterocycles. The van der Waals surface area contributed by atoms with Gasteiger partial charge in [-0.05, 0) is 42.1 Å². The lowest BCUT2D eigenvalue weighted by Gasteiger charge is -2.46. The Morgan fingerprint density at radius 1 is 0.857 bits per heavy atom. The van der Waals surface area contributed by atoms with E-state index in [4.69, 9.17) is 0 Å². The summed E-state index contributed by atoms with van der Waals surface area (Å²) in [4.78, 5) is 25.4. The van der Waals surface area contributed by atoms with E-state index in [1.54, 1.807) is 0 Å². The van der Waals surface area contributed by atoms with Crippen LogP contribution in [0.1, 0.15) is 66.2 Å². The average Bonchev–Trinajstić information content (AvgIpc) is 2.34. The van der Waals surface area contributed by atoms with Gasteiger partial charge in [0.1, 0.15) is 17.0 Å². The Kier molecular flexibility index (Phi) is 3.13. The van der Waals surface area contributed by atoms with Gasteiger partial charge in [-0.2, -0.15) is 0 Å². The van der Waals surface area contributed by atoms with E-state index in [2.05, 4.69) is 19.2 Å². The second-order valence-corrected chi connectivity index (χ2v) is 8.90. The summed E-state index contributed by atoms with van der Waals surface area (Å²) in [6.45, 7) is 9.17. The normalized spacial score (nSPS) is 30.1. The molecule has 3 heteroatoms. The van der Waals surface area contributed by atoms with Gasteiger partial charge >= 0.3 is 0 Å². The number of ketones is 2. The number of allylic oxidation sites excluding steroid dienone is 2. The van der Waals surface area contributed by atoms with E-state index in [-0.39, 0.29) is 17.0 Å². The summed E-state index contributed by atoms with van der Waals surface area (Å²) in [5.41, 5.74) is 2.06. The van der Waals surface area contributed by atoms with Gasteiger partial charge in [0, 0.05) is 25.1 Å². The maximum atomic E-state index is 12.7. The van der Waals surface area contributed by atoms with E-state index in [0.29, 0.717) is 31.2 Å². The van der Waals surface area contributed by atoms with Gasteiger partial charge in [0.15, 0.2) is 0 Å². The zero-order chi connectivity index (χ0) is 15.5. The SMILES string of the molecule is CC1(C)CC(=O)C2(CNC3=C(CCC(C)(C)C3)C2)C(=O)C1. The molecule has 0 saturated heterocycles. The van der Waals surface area contributed by atoms with E-state index in [0.717, 1.165) is 19.3 Å². The molecule has 116 valence electrons. The minimum absolute atomic E-state index is 0.160. The van der Waals surface area contributed by atoms with Crippen molar-refractivity contribution in [3.63, 3.8) is 0 Å². The van der Waals surface area contributed by atoms with Gasteiger partial charge < -0.3 is 5.32 Å². The molecule has 0 atom stereocenters. The molecule has 0 radical (unpaired) electrons. The van der Waals surface area contributed by atoms with Crippen LogP contribution in [0.4, 0.5) is 0 Å². The van der Waals surface area contributed by atoms with Crippen molar-refractivity contribution in [3.8, 4) is 0 Å². The van der Waals surface area contributed by atoms with Gasteiger partial charge in [-0.25, -0.2) is 0 Å². The van der Waals surface area contributed by atoms with Gasteiger partial charge in [-0.1, -0.05) is 27.7 Å². The van der Waals surface area contributed by atoms with Crippen molar-refractivity contribution < 1.29 is 9.59 Å². The Balaban J connectivity index is 1.88. The Labute approximate surface area is 127 Å². The summed E-state index contributed by atoms with van der Waals surface area (Å²) in [5, 5.41) is 3.46. The topological polar surface area (TPSA) is 46.2 Å². The fraction of sp³-hybridized carbons (Fsp3) is 0.778. The van der Waals surface area contributed by atoms with Crippen LogP contribution in [-0.4, -0.2) is 18.1 Å². The quantitative estimate of drug-likeness (QED) is 0.695. The van der Waals surface area contributed by atoms with Gasteiger partial charge in [0.2, 0.25) is 0 Å². The zero-order valence-electron chi connectivity index (χ0n) is 13.8. The number of carbonyl (C=O) groups is 2. The lowest BCUT2D eigenvalue weighted by Crippen LogP contribution is -2.55. The highest BCUT2D eigenvalue weighted by Crippen LogP contribution is 2.49. The monoisotopic (exact) mass is 289 g/mol. The predicted molar refractivity (Wildman–Crippen MR) is 82.7 cm³/mol. The molecule has 2 aliphatic carbocycles. The van der Waals surface area contributed by atoms with Gasteiger partial charge in [-0.3, -0.25) is 9.59 Å². The summed E-state index contributed by atoms with van der Waals surface area (Å²) < 4.78 is 0. The smallest absolute Gasteiger partial charge is 0.149 e. The molecular weight excluding hydrogens is 262 g/mol. The summed E-state index contributed by atoms with van der Waals surface area (Å²) in [5.74, 6) is 0.320. The van der Waals surface area contributed by atoms with E-state index in [1.807, 2.05) is 13.8 Å². The molecule has 21 heavy (non-hydrogen) atoms.